The van der Waals surface area contributed by atoms with Gasteiger partial charge in [0.1, 0.15) is 0 Å². The summed E-state index contributed by atoms with van der Waals surface area (Å²) < 4.78 is 28.8. The van der Waals surface area contributed by atoms with Crippen molar-refractivity contribution in [1.29, 1.82) is 0 Å². The Balaban J connectivity index is 1.81. The van der Waals surface area contributed by atoms with Crippen LogP contribution in [0.15, 0.2) is 39.8 Å². The Hall–Kier alpha value is -2.26. The molecule has 1 aromatic carbocycles. The number of rotatable bonds is 8. The highest BCUT2D eigenvalue weighted by molar-refractivity contribution is 7.89. The van der Waals surface area contributed by atoms with Crippen molar-refractivity contribution in [3.05, 3.63) is 42.0 Å². The monoisotopic (exact) mass is 338 g/mol. The molecule has 0 saturated heterocycles. The lowest BCUT2D eigenvalue weighted by Gasteiger charge is -2.07. The van der Waals surface area contributed by atoms with Crippen molar-refractivity contribution in [3.8, 4) is 0 Å². The zero-order valence-corrected chi connectivity index (χ0v) is 13.5. The molecule has 2 N–H and O–H groups in total. The average Bonchev–Trinajstić information content (AvgIpc) is 3.00. The van der Waals surface area contributed by atoms with Gasteiger partial charge in [0, 0.05) is 19.3 Å². The van der Waals surface area contributed by atoms with Crippen molar-refractivity contribution in [2.24, 2.45) is 0 Å². The van der Waals surface area contributed by atoms with Crippen molar-refractivity contribution in [2.45, 2.75) is 37.5 Å². The number of hydrazine groups is 1. The van der Waals surface area contributed by atoms with Crippen LogP contribution in [0.4, 0.5) is 0 Å². The topological polar surface area (TPSA) is 114 Å². The van der Waals surface area contributed by atoms with Gasteiger partial charge in [-0.1, -0.05) is 30.3 Å². The van der Waals surface area contributed by atoms with Crippen LogP contribution in [-0.4, -0.2) is 24.5 Å². The van der Waals surface area contributed by atoms with Gasteiger partial charge >= 0.3 is 0 Å². The Labute approximate surface area is 134 Å². The number of benzene rings is 1. The lowest BCUT2D eigenvalue weighted by molar-refractivity contribution is -0.121. The quantitative estimate of drug-likeness (QED) is 0.693. The van der Waals surface area contributed by atoms with E-state index >= 15 is 0 Å². The third-order valence-electron chi connectivity index (χ3n) is 2.93. The first-order valence-corrected chi connectivity index (χ1v) is 8.66. The molecule has 2 aromatic rings. The summed E-state index contributed by atoms with van der Waals surface area (Å²) in [6.07, 6.45) is 1.90. The van der Waals surface area contributed by atoms with Gasteiger partial charge in [-0.2, -0.15) is 4.98 Å². The van der Waals surface area contributed by atoms with E-state index in [1.807, 2.05) is 11.8 Å². The predicted octanol–water partition coefficient (Wildman–Crippen LogP) is 0.964. The number of nitrogens with zero attached hydrogens (tertiary/aromatic N) is 2. The van der Waals surface area contributed by atoms with Crippen LogP contribution in [0.5, 0.6) is 0 Å². The highest BCUT2D eigenvalue weighted by Crippen LogP contribution is 2.06. The minimum Gasteiger partial charge on any atom is -0.339 e. The molecule has 23 heavy (non-hydrogen) atoms. The lowest BCUT2D eigenvalue weighted by atomic mass is 10.3. The minimum absolute atomic E-state index is 0.0328. The molecular weight excluding hydrogens is 320 g/mol. The Kier molecular flexibility index (Phi) is 5.83. The first-order chi connectivity index (χ1) is 11.0. The van der Waals surface area contributed by atoms with Crippen molar-refractivity contribution in [2.75, 3.05) is 0 Å². The molecule has 0 bridgehead atoms. The van der Waals surface area contributed by atoms with Crippen molar-refractivity contribution in [1.82, 2.24) is 20.4 Å². The number of hydrogen-bond acceptors (Lipinski definition) is 6. The molecule has 0 atom stereocenters. The van der Waals surface area contributed by atoms with Crippen LogP contribution < -0.4 is 10.3 Å². The fraction of sp³-hybridized carbons (Fsp3) is 0.357. The molecular formula is C14H18N4O4S. The molecule has 1 amide bonds. The Morgan fingerprint density at radius 2 is 1.96 bits per heavy atom. The molecule has 8 nitrogen and oxygen atoms in total. The summed E-state index contributed by atoms with van der Waals surface area (Å²) in [4.78, 5) is 17.9. The smallest absolute Gasteiger partial charge is 0.257 e. The van der Waals surface area contributed by atoms with Gasteiger partial charge in [0.15, 0.2) is 5.82 Å². The van der Waals surface area contributed by atoms with Crippen LogP contribution in [0.25, 0.3) is 0 Å². The van der Waals surface area contributed by atoms with Gasteiger partial charge in [-0.15, -0.1) is 4.83 Å². The molecule has 2 rings (SSSR count). The summed E-state index contributed by atoms with van der Waals surface area (Å²) in [6.45, 7) is 2.00. The van der Waals surface area contributed by atoms with Crippen LogP contribution in [0.3, 0.4) is 0 Å². The molecule has 1 heterocycles. The molecule has 124 valence electrons. The molecule has 0 aliphatic carbocycles. The number of carbonyl (C=O) groups excluding carboxylic acids is 1. The second kappa shape index (κ2) is 7.84. The second-order valence-corrected chi connectivity index (χ2v) is 6.50. The molecule has 1 aromatic heterocycles. The Bertz CT molecular complexity index is 743. The number of nitrogens with one attached hydrogen (secondary N) is 2. The van der Waals surface area contributed by atoms with E-state index in [1.54, 1.807) is 18.2 Å². The first kappa shape index (κ1) is 17.1. The third kappa shape index (κ3) is 5.15. The van der Waals surface area contributed by atoms with Gasteiger partial charge in [-0.25, -0.2) is 8.42 Å². The van der Waals surface area contributed by atoms with Crippen LogP contribution in [0, 0.1) is 0 Å². The van der Waals surface area contributed by atoms with E-state index < -0.39 is 15.9 Å². The highest BCUT2D eigenvalue weighted by Gasteiger charge is 2.15. The number of carbonyl (C=O) groups is 1. The van der Waals surface area contributed by atoms with Crippen LogP contribution >= 0.6 is 0 Å². The van der Waals surface area contributed by atoms with Crippen LogP contribution in [-0.2, 0) is 27.7 Å². The average molecular weight is 338 g/mol. The van der Waals surface area contributed by atoms with Crippen molar-refractivity contribution >= 4 is 15.9 Å². The number of aromatic nitrogens is 2. The van der Waals surface area contributed by atoms with E-state index in [2.05, 4.69) is 15.6 Å². The SMILES string of the molecule is CCCc1noc(CCC(=O)NNS(=O)(=O)c2ccccc2)n1. The molecule has 0 spiro atoms. The van der Waals surface area contributed by atoms with Crippen molar-refractivity contribution < 1.29 is 17.7 Å². The zero-order valence-electron chi connectivity index (χ0n) is 12.7. The molecule has 0 aliphatic rings. The normalized spacial score (nSPS) is 11.3. The van der Waals surface area contributed by atoms with Gasteiger partial charge < -0.3 is 4.52 Å². The maximum absolute atomic E-state index is 11.9. The van der Waals surface area contributed by atoms with E-state index in [-0.39, 0.29) is 17.7 Å². The maximum atomic E-state index is 11.9. The standard InChI is InChI=1S/C14H18N4O4S/c1-2-6-12-15-14(22-17-12)10-9-13(19)16-18-23(20,21)11-7-4-3-5-8-11/h3-5,7-8,18H,2,6,9-10H2,1H3,(H,16,19). The maximum Gasteiger partial charge on any atom is 0.257 e. The summed E-state index contributed by atoms with van der Waals surface area (Å²) in [7, 11) is -3.77. The van der Waals surface area contributed by atoms with Gasteiger partial charge in [-0.3, -0.25) is 10.2 Å². The molecule has 0 saturated carbocycles. The Morgan fingerprint density at radius 3 is 2.65 bits per heavy atom. The zero-order chi connectivity index (χ0) is 16.7. The van der Waals surface area contributed by atoms with E-state index in [1.165, 1.54) is 12.1 Å². The first-order valence-electron chi connectivity index (χ1n) is 7.18. The number of hydrogen-bond donors (Lipinski definition) is 2. The fourth-order valence-electron chi connectivity index (χ4n) is 1.78. The predicted molar refractivity (Wildman–Crippen MR) is 81.5 cm³/mol. The minimum atomic E-state index is -3.77. The second-order valence-electron chi connectivity index (χ2n) is 4.82. The van der Waals surface area contributed by atoms with Gasteiger partial charge in [0.2, 0.25) is 11.8 Å². The van der Waals surface area contributed by atoms with Crippen LogP contribution in [0.1, 0.15) is 31.5 Å². The molecule has 0 radical (unpaired) electrons. The summed E-state index contributed by atoms with van der Waals surface area (Å²) in [5.41, 5.74) is 2.16. The fourth-order valence-corrected chi connectivity index (χ4v) is 2.66. The third-order valence-corrected chi connectivity index (χ3v) is 4.19. The number of amides is 1. The lowest BCUT2D eigenvalue weighted by Crippen LogP contribution is -2.41. The van der Waals surface area contributed by atoms with Crippen molar-refractivity contribution in [3.63, 3.8) is 0 Å². The van der Waals surface area contributed by atoms with Gasteiger partial charge in [0.25, 0.3) is 10.0 Å². The summed E-state index contributed by atoms with van der Waals surface area (Å²) >= 11 is 0. The Morgan fingerprint density at radius 1 is 1.22 bits per heavy atom. The number of sulfonamides is 1. The van der Waals surface area contributed by atoms with E-state index in [0.717, 1.165) is 6.42 Å². The summed E-state index contributed by atoms with van der Waals surface area (Å²) in [6, 6.07) is 7.76. The largest absolute Gasteiger partial charge is 0.339 e. The van der Waals surface area contributed by atoms with E-state index in [9.17, 15) is 13.2 Å². The number of aryl methyl sites for hydroxylation is 2. The molecule has 0 aliphatic heterocycles. The molecule has 0 fully saturated rings. The molecule has 9 heteroatoms. The summed E-state index contributed by atoms with van der Waals surface area (Å²) in [5, 5.41) is 3.78. The summed E-state index contributed by atoms with van der Waals surface area (Å²) in [5.74, 6) is 0.474. The van der Waals surface area contributed by atoms with Gasteiger partial charge in [0.05, 0.1) is 4.90 Å². The highest BCUT2D eigenvalue weighted by atomic mass is 32.2. The van der Waals surface area contributed by atoms with Gasteiger partial charge in [-0.05, 0) is 18.6 Å². The van der Waals surface area contributed by atoms with E-state index in [4.69, 9.17) is 4.52 Å². The van der Waals surface area contributed by atoms with E-state index in [0.29, 0.717) is 18.1 Å². The molecule has 0 unspecified atom stereocenters. The van der Waals surface area contributed by atoms with Crippen LogP contribution in [0.2, 0.25) is 0 Å².